The number of piperidine rings is 2. The van der Waals surface area contributed by atoms with E-state index in [0.29, 0.717) is 17.7 Å². The largest absolute Gasteiger partial charge is 0.385 e. The van der Waals surface area contributed by atoms with Gasteiger partial charge in [0.05, 0.1) is 6.54 Å². The molecule has 2 saturated heterocycles. The number of nitrogens with zero attached hydrogens (tertiary/aromatic N) is 5. The van der Waals surface area contributed by atoms with Crippen molar-refractivity contribution in [2.24, 2.45) is 5.41 Å². The minimum Gasteiger partial charge on any atom is -0.385 e. The summed E-state index contributed by atoms with van der Waals surface area (Å²) in [4.78, 5) is 16.8. The number of carbonyl (C=O) groups excluding carboxylic acids is 1. The minimum absolute atomic E-state index is 0.315. The van der Waals surface area contributed by atoms with E-state index in [-0.39, 0.29) is 0 Å². The number of methoxy groups -OCH3 is 1. The molecular formula is C18H31N5O2. The highest BCUT2D eigenvalue weighted by Crippen LogP contribution is 2.40. The van der Waals surface area contributed by atoms with Crippen molar-refractivity contribution in [3.63, 3.8) is 0 Å². The standard InChI is InChI=1S/C18H31N5O2/c1-3-22-15-19-20-16(22)13-21-10-7-18(8-11-21)6-5-17(24)23(14-18)9-4-12-25-2/h15H,3-14H2,1-2H3. The first-order chi connectivity index (χ1) is 12.2. The van der Waals surface area contributed by atoms with Gasteiger partial charge in [0.1, 0.15) is 12.2 Å². The van der Waals surface area contributed by atoms with Crippen molar-refractivity contribution in [1.82, 2.24) is 24.6 Å². The minimum atomic E-state index is 0.315. The molecule has 2 aliphatic heterocycles. The highest BCUT2D eigenvalue weighted by molar-refractivity contribution is 5.77. The zero-order chi connectivity index (χ0) is 17.7. The van der Waals surface area contributed by atoms with Crippen molar-refractivity contribution in [1.29, 1.82) is 0 Å². The van der Waals surface area contributed by atoms with Gasteiger partial charge in [-0.2, -0.15) is 0 Å². The van der Waals surface area contributed by atoms with Gasteiger partial charge in [0.25, 0.3) is 0 Å². The zero-order valence-corrected chi connectivity index (χ0v) is 15.6. The van der Waals surface area contributed by atoms with Crippen LogP contribution in [0.1, 0.15) is 44.9 Å². The Morgan fingerprint density at radius 2 is 2.08 bits per heavy atom. The van der Waals surface area contributed by atoms with E-state index in [0.717, 1.165) is 64.5 Å². The Bertz CT molecular complexity index is 566. The van der Waals surface area contributed by atoms with Crippen molar-refractivity contribution in [3.05, 3.63) is 12.2 Å². The third-order valence-electron chi connectivity index (χ3n) is 5.84. The highest BCUT2D eigenvalue weighted by atomic mass is 16.5. The summed E-state index contributed by atoms with van der Waals surface area (Å²) in [6.07, 6.45) is 6.83. The Kier molecular flexibility index (Phi) is 6.06. The number of carbonyl (C=O) groups is 1. The van der Waals surface area contributed by atoms with Gasteiger partial charge in [-0.25, -0.2) is 0 Å². The molecule has 0 radical (unpaired) electrons. The number of amides is 1. The summed E-state index contributed by atoms with van der Waals surface area (Å²) in [5.41, 5.74) is 0.315. The average Bonchev–Trinajstić information content (AvgIpc) is 3.08. The van der Waals surface area contributed by atoms with E-state index in [1.165, 1.54) is 12.8 Å². The molecule has 0 aromatic carbocycles. The lowest BCUT2D eigenvalue weighted by atomic mass is 9.72. The maximum atomic E-state index is 12.2. The van der Waals surface area contributed by atoms with Gasteiger partial charge < -0.3 is 14.2 Å². The van der Waals surface area contributed by atoms with E-state index in [2.05, 4.69) is 31.5 Å². The number of rotatable bonds is 7. The molecule has 0 saturated carbocycles. The van der Waals surface area contributed by atoms with Crippen LogP contribution in [0.3, 0.4) is 0 Å². The molecule has 3 heterocycles. The maximum Gasteiger partial charge on any atom is 0.222 e. The number of hydrogen-bond acceptors (Lipinski definition) is 5. The predicted octanol–water partition coefficient (Wildman–Crippen LogP) is 1.54. The Labute approximate surface area is 150 Å². The van der Waals surface area contributed by atoms with Crippen molar-refractivity contribution in [3.8, 4) is 0 Å². The molecule has 0 aliphatic carbocycles. The summed E-state index contributed by atoms with van der Waals surface area (Å²) in [6, 6.07) is 0. The molecule has 0 N–H and O–H groups in total. The molecule has 7 nitrogen and oxygen atoms in total. The summed E-state index contributed by atoms with van der Waals surface area (Å²) in [6.45, 7) is 8.55. The molecule has 0 atom stereocenters. The number of ether oxygens (including phenoxy) is 1. The molecule has 1 aromatic rings. The van der Waals surface area contributed by atoms with Crippen LogP contribution in [0, 0.1) is 5.41 Å². The van der Waals surface area contributed by atoms with Crippen LogP contribution >= 0.6 is 0 Å². The van der Waals surface area contributed by atoms with Crippen molar-refractivity contribution in [2.75, 3.05) is 39.9 Å². The Morgan fingerprint density at radius 1 is 1.28 bits per heavy atom. The van der Waals surface area contributed by atoms with Crippen LogP contribution in [-0.4, -0.2) is 70.4 Å². The first-order valence-electron chi connectivity index (χ1n) is 9.51. The van der Waals surface area contributed by atoms with Crippen molar-refractivity contribution in [2.45, 2.75) is 52.1 Å². The lowest BCUT2D eigenvalue weighted by Gasteiger charge is -2.47. The summed E-state index contributed by atoms with van der Waals surface area (Å²) in [5.74, 6) is 1.37. The number of aromatic nitrogens is 3. The summed E-state index contributed by atoms with van der Waals surface area (Å²) in [7, 11) is 1.72. The molecular weight excluding hydrogens is 318 g/mol. The second kappa shape index (κ2) is 8.27. The van der Waals surface area contributed by atoms with Gasteiger partial charge in [0.2, 0.25) is 5.91 Å². The normalized spacial score (nSPS) is 21.2. The Morgan fingerprint density at radius 3 is 2.80 bits per heavy atom. The van der Waals surface area contributed by atoms with E-state index in [4.69, 9.17) is 4.74 Å². The maximum absolute atomic E-state index is 12.2. The van der Waals surface area contributed by atoms with Crippen LogP contribution in [0.2, 0.25) is 0 Å². The van der Waals surface area contributed by atoms with Gasteiger partial charge >= 0.3 is 0 Å². The fourth-order valence-electron chi connectivity index (χ4n) is 4.16. The smallest absolute Gasteiger partial charge is 0.222 e. The Hall–Kier alpha value is -1.47. The quantitative estimate of drug-likeness (QED) is 0.699. The molecule has 1 spiro atoms. The number of likely N-dealkylation sites (tertiary alicyclic amines) is 2. The first-order valence-corrected chi connectivity index (χ1v) is 9.51. The second-order valence-electron chi connectivity index (χ2n) is 7.47. The Balaban J connectivity index is 1.52. The fourth-order valence-corrected chi connectivity index (χ4v) is 4.16. The molecule has 25 heavy (non-hydrogen) atoms. The van der Waals surface area contributed by atoms with E-state index < -0.39 is 0 Å². The predicted molar refractivity (Wildman–Crippen MR) is 94.9 cm³/mol. The molecule has 140 valence electrons. The summed E-state index contributed by atoms with van der Waals surface area (Å²) < 4.78 is 7.24. The SMILES string of the molecule is CCn1cnnc1CN1CCC2(CCC(=O)N(CCCOC)C2)CC1. The zero-order valence-electron chi connectivity index (χ0n) is 15.6. The lowest BCUT2D eigenvalue weighted by molar-refractivity contribution is -0.139. The number of aryl methyl sites for hydroxylation is 1. The number of hydrogen-bond donors (Lipinski definition) is 0. The second-order valence-corrected chi connectivity index (χ2v) is 7.47. The highest BCUT2D eigenvalue weighted by Gasteiger charge is 2.40. The average molecular weight is 349 g/mol. The topological polar surface area (TPSA) is 63.5 Å². The van der Waals surface area contributed by atoms with E-state index >= 15 is 0 Å². The van der Waals surface area contributed by atoms with Crippen LogP contribution < -0.4 is 0 Å². The van der Waals surface area contributed by atoms with Crippen LogP contribution in [-0.2, 0) is 22.6 Å². The molecule has 7 heteroatoms. The van der Waals surface area contributed by atoms with E-state index in [1.54, 1.807) is 7.11 Å². The van der Waals surface area contributed by atoms with Gasteiger partial charge in [-0.3, -0.25) is 9.69 Å². The van der Waals surface area contributed by atoms with Crippen LogP contribution in [0.4, 0.5) is 0 Å². The third-order valence-corrected chi connectivity index (χ3v) is 5.84. The molecule has 0 bridgehead atoms. The molecule has 1 aromatic heterocycles. The van der Waals surface area contributed by atoms with Crippen LogP contribution in [0.25, 0.3) is 0 Å². The van der Waals surface area contributed by atoms with E-state index in [1.807, 2.05) is 6.33 Å². The van der Waals surface area contributed by atoms with Gasteiger partial charge in [0.15, 0.2) is 0 Å². The molecule has 3 rings (SSSR count). The fraction of sp³-hybridized carbons (Fsp3) is 0.833. The molecule has 2 fully saturated rings. The van der Waals surface area contributed by atoms with Gasteiger partial charge in [-0.15, -0.1) is 10.2 Å². The van der Waals surface area contributed by atoms with Crippen LogP contribution in [0.5, 0.6) is 0 Å². The van der Waals surface area contributed by atoms with Gasteiger partial charge in [0, 0.05) is 39.8 Å². The van der Waals surface area contributed by atoms with Crippen molar-refractivity contribution < 1.29 is 9.53 Å². The third kappa shape index (κ3) is 4.39. The van der Waals surface area contributed by atoms with Crippen LogP contribution in [0.15, 0.2) is 6.33 Å². The molecule has 2 aliphatic rings. The van der Waals surface area contributed by atoms with Gasteiger partial charge in [-0.1, -0.05) is 0 Å². The summed E-state index contributed by atoms with van der Waals surface area (Å²) in [5, 5.41) is 8.28. The first kappa shape index (κ1) is 18.3. The lowest BCUT2D eigenvalue weighted by Crippen LogP contribution is -2.51. The molecule has 0 unspecified atom stereocenters. The van der Waals surface area contributed by atoms with Gasteiger partial charge in [-0.05, 0) is 51.1 Å². The molecule has 1 amide bonds. The summed E-state index contributed by atoms with van der Waals surface area (Å²) >= 11 is 0. The van der Waals surface area contributed by atoms with Crippen molar-refractivity contribution >= 4 is 5.91 Å². The monoisotopic (exact) mass is 349 g/mol. The van der Waals surface area contributed by atoms with E-state index in [9.17, 15) is 4.79 Å².